The van der Waals surface area contributed by atoms with E-state index in [2.05, 4.69) is 11.9 Å². The lowest BCUT2D eigenvalue weighted by molar-refractivity contribution is -0.141. The third kappa shape index (κ3) is 4.20. The molecule has 3 rings (SSSR count). The van der Waals surface area contributed by atoms with Crippen LogP contribution in [0.5, 0.6) is 0 Å². The van der Waals surface area contributed by atoms with E-state index in [1.807, 2.05) is 5.32 Å². The topological polar surface area (TPSA) is 119 Å². The normalized spacial score (nSPS) is 27.0. The fourth-order valence-electron chi connectivity index (χ4n) is 3.38. The molecule has 0 aromatic rings. The van der Waals surface area contributed by atoms with Crippen molar-refractivity contribution in [3.8, 4) is 0 Å². The number of amides is 4. The molecule has 2 fully saturated rings. The first kappa shape index (κ1) is 18.6. The lowest BCUT2D eigenvalue weighted by atomic mass is 9.66. The Morgan fingerprint density at radius 1 is 1.20 bits per heavy atom. The molecule has 0 radical (unpaired) electrons. The van der Waals surface area contributed by atoms with Crippen molar-refractivity contribution in [3.05, 3.63) is 24.8 Å². The number of hydrogen-bond acceptors (Lipinski definition) is 6. The monoisotopic (exact) mass is 348 g/mol. The summed E-state index contributed by atoms with van der Waals surface area (Å²) in [4.78, 5) is 54.8. The van der Waals surface area contributed by atoms with Gasteiger partial charge in [-0.1, -0.05) is 19.4 Å². The summed E-state index contributed by atoms with van der Waals surface area (Å²) in [6.45, 7) is 3.46. The maximum atomic E-state index is 12.0. The van der Waals surface area contributed by atoms with Crippen LogP contribution in [0.1, 0.15) is 32.1 Å². The number of carbonyl (C=O) groups is 5. The number of fused-ring (bicyclic) bond motifs is 1. The van der Waals surface area contributed by atoms with Crippen LogP contribution >= 0.6 is 0 Å². The van der Waals surface area contributed by atoms with E-state index in [-0.39, 0.29) is 36.2 Å². The molecule has 0 bridgehead atoms. The molecule has 4 amide bonds. The van der Waals surface area contributed by atoms with Crippen LogP contribution in [0, 0.1) is 11.3 Å². The zero-order valence-electron chi connectivity index (χ0n) is 13.7. The molecular formula is C17H20N2O6. The fraction of sp³-hybridized carbons (Fsp3) is 0.471. The molecule has 2 unspecified atom stereocenters. The summed E-state index contributed by atoms with van der Waals surface area (Å²) in [5.41, 5.74) is -0.656. The number of nitrogens with one attached hydrogen (secondary N) is 2. The molecule has 25 heavy (non-hydrogen) atoms. The minimum Gasteiger partial charge on any atom is -0.463 e. The van der Waals surface area contributed by atoms with Crippen molar-refractivity contribution in [1.29, 1.82) is 0 Å². The van der Waals surface area contributed by atoms with Gasteiger partial charge in [0.05, 0.1) is 17.9 Å². The Bertz CT molecular complexity index is 638. The Hall–Kier alpha value is -2.77. The van der Waals surface area contributed by atoms with E-state index in [4.69, 9.17) is 4.74 Å². The molecule has 8 nitrogen and oxygen atoms in total. The maximum absolute atomic E-state index is 12.0. The van der Waals surface area contributed by atoms with Gasteiger partial charge in [-0.25, -0.2) is 4.79 Å². The molecule has 1 saturated heterocycles. The van der Waals surface area contributed by atoms with Crippen molar-refractivity contribution >= 4 is 29.6 Å². The van der Waals surface area contributed by atoms with Crippen molar-refractivity contribution < 1.29 is 28.7 Å². The molecule has 1 aliphatic carbocycles. The van der Waals surface area contributed by atoms with E-state index in [1.165, 1.54) is 12.2 Å². The zero-order chi connectivity index (χ0) is 18.4. The average molecular weight is 348 g/mol. The van der Waals surface area contributed by atoms with Crippen molar-refractivity contribution in [3.63, 3.8) is 0 Å². The lowest BCUT2D eigenvalue weighted by Crippen LogP contribution is -2.38. The van der Waals surface area contributed by atoms with Gasteiger partial charge < -0.3 is 4.74 Å². The van der Waals surface area contributed by atoms with Crippen molar-refractivity contribution in [2.45, 2.75) is 32.1 Å². The molecular weight excluding hydrogens is 328 g/mol. The van der Waals surface area contributed by atoms with Gasteiger partial charge in [0, 0.05) is 18.2 Å². The van der Waals surface area contributed by atoms with Gasteiger partial charge >= 0.3 is 5.97 Å². The summed E-state index contributed by atoms with van der Waals surface area (Å²) < 4.78 is 4.93. The Labute approximate surface area is 144 Å². The molecule has 2 heterocycles. The summed E-state index contributed by atoms with van der Waals surface area (Å²) in [7, 11) is 0. The van der Waals surface area contributed by atoms with Crippen LogP contribution in [0.4, 0.5) is 0 Å². The van der Waals surface area contributed by atoms with Gasteiger partial charge in [0.2, 0.25) is 11.8 Å². The van der Waals surface area contributed by atoms with Gasteiger partial charge in [-0.3, -0.25) is 29.8 Å². The smallest absolute Gasteiger partial charge is 0.330 e. The van der Waals surface area contributed by atoms with Gasteiger partial charge in [0.15, 0.2) is 0 Å². The third-order valence-corrected chi connectivity index (χ3v) is 4.63. The van der Waals surface area contributed by atoms with Crippen LogP contribution in [-0.4, -0.2) is 36.2 Å². The highest BCUT2D eigenvalue weighted by molar-refractivity contribution is 6.12. The predicted molar refractivity (Wildman–Crippen MR) is 85.6 cm³/mol. The minimum atomic E-state index is -0.656. The molecule has 134 valence electrons. The van der Waals surface area contributed by atoms with Crippen molar-refractivity contribution in [1.82, 2.24) is 10.6 Å². The maximum Gasteiger partial charge on any atom is 0.330 e. The van der Waals surface area contributed by atoms with E-state index in [1.54, 1.807) is 0 Å². The van der Waals surface area contributed by atoms with Crippen LogP contribution in [0.2, 0.25) is 0 Å². The Morgan fingerprint density at radius 2 is 1.88 bits per heavy atom. The molecule has 3 aliphatic rings. The third-order valence-electron chi connectivity index (χ3n) is 4.63. The van der Waals surface area contributed by atoms with Crippen LogP contribution in [-0.2, 0) is 28.7 Å². The van der Waals surface area contributed by atoms with Crippen LogP contribution in [0.3, 0.4) is 0 Å². The SMILES string of the molecule is C=CC(=O)OCCC12CCCCC1C(=O)NC2=O.O=C1C=CC(=O)N1. The predicted octanol–water partition coefficient (Wildman–Crippen LogP) is 0.138. The molecule has 2 N–H and O–H groups in total. The van der Waals surface area contributed by atoms with E-state index < -0.39 is 11.4 Å². The highest BCUT2D eigenvalue weighted by Crippen LogP contribution is 2.47. The number of ether oxygens (including phenoxy) is 1. The summed E-state index contributed by atoms with van der Waals surface area (Å²) in [5, 5.41) is 4.44. The molecule has 0 aromatic carbocycles. The van der Waals surface area contributed by atoms with Crippen LogP contribution in [0.25, 0.3) is 0 Å². The van der Waals surface area contributed by atoms with Gasteiger partial charge in [0.1, 0.15) is 0 Å². The van der Waals surface area contributed by atoms with Crippen molar-refractivity contribution in [2.24, 2.45) is 11.3 Å². The average Bonchev–Trinajstić information content (AvgIpc) is 3.08. The summed E-state index contributed by atoms with van der Waals surface area (Å²) in [6, 6.07) is 0. The first-order chi connectivity index (χ1) is 11.9. The number of hydrogen-bond donors (Lipinski definition) is 2. The fourth-order valence-corrected chi connectivity index (χ4v) is 3.38. The van der Waals surface area contributed by atoms with E-state index >= 15 is 0 Å². The quantitative estimate of drug-likeness (QED) is 0.424. The zero-order valence-corrected chi connectivity index (χ0v) is 13.7. The second kappa shape index (κ2) is 7.87. The van der Waals surface area contributed by atoms with E-state index in [0.717, 1.165) is 25.3 Å². The largest absolute Gasteiger partial charge is 0.463 e. The Balaban J connectivity index is 0.000000269. The second-order valence-corrected chi connectivity index (χ2v) is 6.08. The number of imide groups is 2. The second-order valence-electron chi connectivity index (χ2n) is 6.08. The molecule has 0 aromatic heterocycles. The number of carbonyl (C=O) groups excluding carboxylic acids is 5. The van der Waals surface area contributed by atoms with Gasteiger partial charge in [-0.15, -0.1) is 0 Å². The van der Waals surface area contributed by atoms with Gasteiger partial charge in [-0.2, -0.15) is 0 Å². The van der Waals surface area contributed by atoms with Gasteiger partial charge in [-0.05, 0) is 19.3 Å². The highest BCUT2D eigenvalue weighted by atomic mass is 16.5. The number of esters is 1. The first-order valence-corrected chi connectivity index (χ1v) is 8.06. The minimum absolute atomic E-state index is 0.155. The molecule has 2 atom stereocenters. The molecule has 0 spiro atoms. The standard InChI is InChI=1S/C13H17NO4.C4H3NO2/c1-2-10(15)18-8-7-13-6-4-3-5-9(13)11(16)14-12(13)17;6-3-1-2-4(7)5-3/h2,9H,1,3-8H2,(H,14,16,17);1-2H,(H,5,6,7). The van der Waals surface area contributed by atoms with Gasteiger partial charge in [0.25, 0.3) is 11.8 Å². The lowest BCUT2D eigenvalue weighted by Gasteiger charge is -2.34. The highest BCUT2D eigenvalue weighted by Gasteiger charge is 2.55. The summed E-state index contributed by atoms with van der Waals surface area (Å²) in [6.07, 6.45) is 7.25. The molecule has 8 heteroatoms. The Kier molecular flexibility index (Phi) is 5.84. The Morgan fingerprint density at radius 3 is 2.44 bits per heavy atom. The summed E-state index contributed by atoms with van der Waals surface area (Å²) >= 11 is 0. The molecule has 2 aliphatic heterocycles. The van der Waals surface area contributed by atoms with E-state index in [9.17, 15) is 24.0 Å². The number of rotatable bonds is 4. The van der Waals surface area contributed by atoms with Crippen molar-refractivity contribution in [2.75, 3.05) is 6.61 Å². The van der Waals surface area contributed by atoms with E-state index in [0.29, 0.717) is 12.8 Å². The van der Waals surface area contributed by atoms with Crippen LogP contribution < -0.4 is 10.6 Å². The van der Waals surface area contributed by atoms with Crippen LogP contribution in [0.15, 0.2) is 24.8 Å². The first-order valence-electron chi connectivity index (χ1n) is 8.06. The molecule has 1 saturated carbocycles. The summed E-state index contributed by atoms with van der Waals surface area (Å²) in [5.74, 6) is -1.78.